The molecule has 1 aliphatic rings. The quantitative estimate of drug-likeness (QED) is 0.687. The van der Waals surface area contributed by atoms with E-state index in [-0.39, 0.29) is 10.9 Å². The highest BCUT2D eigenvalue weighted by atomic mass is 32.2. The summed E-state index contributed by atoms with van der Waals surface area (Å²) in [6, 6.07) is 9.92. The fraction of sp³-hybridized carbons (Fsp3) is 0.235. The van der Waals surface area contributed by atoms with Crippen molar-refractivity contribution in [3.05, 3.63) is 59.1 Å². The number of benzene rings is 2. The Morgan fingerprint density at radius 1 is 1.12 bits per heavy atom. The summed E-state index contributed by atoms with van der Waals surface area (Å²) in [5.41, 5.74) is 0.833. The number of hydrogen-bond donors (Lipinski definition) is 0. The average molecular weight is 380 g/mol. The smallest absolute Gasteiger partial charge is 0.239 e. The van der Waals surface area contributed by atoms with Crippen LogP contribution < -0.4 is 0 Å². The van der Waals surface area contributed by atoms with Crippen molar-refractivity contribution in [3.8, 4) is 0 Å². The lowest BCUT2D eigenvalue weighted by molar-refractivity contribution is 0.395. The van der Waals surface area contributed by atoms with E-state index in [1.807, 2.05) is 24.3 Å². The second-order valence-electron chi connectivity index (χ2n) is 5.87. The molecule has 0 bridgehead atoms. The Kier molecular flexibility index (Phi) is 4.05. The lowest BCUT2D eigenvalue weighted by atomic mass is 10.2. The third-order valence-corrected chi connectivity index (χ3v) is 7.34. The molecule has 1 atom stereocenters. The van der Waals surface area contributed by atoms with Crippen LogP contribution in [0.4, 0.5) is 8.78 Å². The van der Waals surface area contributed by atoms with Crippen molar-refractivity contribution < 1.29 is 17.2 Å². The molecule has 0 N–H and O–H groups in total. The topological polar surface area (TPSA) is 50.3 Å². The van der Waals surface area contributed by atoms with Gasteiger partial charge in [0, 0.05) is 6.54 Å². The molecule has 0 aliphatic carbocycles. The molecule has 1 aliphatic heterocycles. The first-order chi connectivity index (χ1) is 12.0. The number of aromatic nitrogens is 1. The van der Waals surface area contributed by atoms with Crippen LogP contribution in [0.2, 0.25) is 0 Å². The molecule has 25 heavy (non-hydrogen) atoms. The number of sulfonamides is 1. The predicted octanol–water partition coefficient (Wildman–Crippen LogP) is 4.10. The Bertz CT molecular complexity index is 1020. The fourth-order valence-electron chi connectivity index (χ4n) is 3.08. The van der Waals surface area contributed by atoms with Crippen LogP contribution in [0, 0.1) is 11.6 Å². The molecular formula is C17H14F2N2O2S2. The highest BCUT2D eigenvalue weighted by Crippen LogP contribution is 2.39. The monoisotopic (exact) mass is 380 g/mol. The minimum Gasteiger partial charge on any atom is -0.239 e. The first-order valence-electron chi connectivity index (χ1n) is 7.79. The van der Waals surface area contributed by atoms with Crippen LogP contribution in [0.5, 0.6) is 0 Å². The third kappa shape index (κ3) is 2.84. The van der Waals surface area contributed by atoms with Crippen LogP contribution in [0.25, 0.3) is 10.2 Å². The molecule has 130 valence electrons. The van der Waals surface area contributed by atoms with E-state index in [0.717, 1.165) is 33.4 Å². The van der Waals surface area contributed by atoms with Gasteiger partial charge < -0.3 is 0 Å². The largest absolute Gasteiger partial charge is 0.243 e. The first-order valence-corrected chi connectivity index (χ1v) is 10.0. The summed E-state index contributed by atoms with van der Waals surface area (Å²) in [6.07, 6.45) is 1.35. The average Bonchev–Trinajstić information content (AvgIpc) is 3.23. The molecule has 4 nitrogen and oxygen atoms in total. The molecule has 0 saturated carbocycles. The number of fused-ring (bicyclic) bond motifs is 1. The van der Waals surface area contributed by atoms with Crippen molar-refractivity contribution in [3.63, 3.8) is 0 Å². The Hall–Kier alpha value is -1.90. The Labute approximate surface area is 147 Å². The van der Waals surface area contributed by atoms with Crippen molar-refractivity contribution in [2.75, 3.05) is 6.54 Å². The van der Waals surface area contributed by atoms with Crippen LogP contribution in [0.3, 0.4) is 0 Å². The summed E-state index contributed by atoms with van der Waals surface area (Å²) < 4.78 is 54.8. The van der Waals surface area contributed by atoms with Gasteiger partial charge in [0.2, 0.25) is 10.0 Å². The summed E-state index contributed by atoms with van der Waals surface area (Å²) in [4.78, 5) is 4.33. The number of para-hydroxylation sites is 1. The summed E-state index contributed by atoms with van der Waals surface area (Å²) in [5, 5.41) is 0.727. The van der Waals surface area contributed by atoms with Crippen LogP contribution in [0.1, 0.15) is 23.9 Å². The Balaban J connectivity index is 1.74. The van der Waals surface area contributed by atoms with Crippen molar-refractivity contribution in [1.29, 1.82) is 0 Å². The van der Waals surface area contributed by atoms with Crippen LogP contribution in [-0.4, -0.2) is 24.3 Å². The molecule has 2 heterocycles. The van der Waals surface area contributed by atoms with E-state index in [2.05, 4.69) is 4.98 Å². The van der Waals surface area contributed by atoms with E-state index in [1.165, 1.54) is 15.6 Å². The van der Waals surface area contributed by atoms with Gasteiger partial charge in [-0.15, -0.1) is 11.3 Å². The minimum absolute atomic E-state index is 0.237. The van der Waals surface area contributed by atoms with Gasteiger partial charge in [-0.1, -0.05) is 12.1 Å². The van der Waals surface area contributed by atoms with Gasteiger partial charge in [-0.3, -0.25) is 0 Å². The zero-order valence-electron chi connectivity index (χ0n) is 13.0. The fourth-order valence-corrected chi connectivity index (χ4v) is 5.93. The third-order valence-electron chi connectivity index (χ3n) is 4.30. The van der Waals surface area contributed by atoms with Crippen molar-refractivity contribution in [2.24, 2.45) is 0 Å². The van der Waals surface area contributed by atoms with Gasteiger partial charge in [0.15, 0.2) is 11.6 Å². The summed E-state index contributed by atoms with van der Waals surface area (Å²) in [6.45, 7) is 0.335. The molecular weight excluding hydrogens is 366 g/mol. The van der Waals surface area contributed by atoms with Crippen LogP contribution in [-0.2, 0) is 10.0 Å². The van der Waals surface area contributed by atoms with Gasteiger partial charge >= 0.3 is 0 Å². The maximum Gasteiger partial charge on any atom is 0.243 e. The highest BCUT2D eigenvalue weighted by Gasteiger charge is 2.38. The number of thiazole rings is 1. The SMILES string of the molecule is O=S(=O)(c1ccc(F)c(F)c1)N1CCC[C@H]1c1nc2ccccc2s1. The zero-order valence-corrected chi connectivity index (χ0v) is 14.7. The lowest BCUT2D eigenvalue weighted by Gasteiger charge is -2.22. The first kappa shape index (κ1) is 16.6. The predicted molar refractivity (Wildman–Crippen MR) is 91.8 cm³/mol. The molecule has 1 aromatic heterocycles. The van der Waals surface area contributed by atoms with E-state index in [0.29, 0.717) is 19.4 Å². The molecule has 4 rings (SSSR count). The molecule has 2 aromatic carbocycles. The van der Waals surface area contributed by atoms with Crippen LogP contribution >= 0.6 is 11.3 Å². The number of halogens is 2. The maximum atomic E-state index is 13.5. The summed E-state index contributed by atoms with van der Waals surface area (Å²) in [7, 11) is -3.92. The van der Waals surface area contributed by atoms with Gasteiger partial charge in [-0.2, -0.15) is 4.31 Å². The van der Waals surface area contributed by atoms with E-state index in [1.54, 1.807) is 0 Å². The van der Waals surface area contributed by atoms with Crippen molar-refractivity contribution in [1.82, 2.24) is 9.29 Å². The summed E-state index contributed by atoms with van der Waals surface area (Å²) in [5.74, 6) is -2.24. The zero-order chi connectivity index (χ0) is 17.6. The summed E-state index contributed by atoms with van der Waals surface area (Å²) >= 11 is 1.46. The number of nitrogens with zero attached hydrogens (tertiary/aromatic N) is 2. The van der Waals surface area contributed by atoms with E-state index in [9.17, 15) is 17.2 Å². The van der Waals surface area contributed by atoms with Crippen LogP contribution in [0.15, 0.2) is 47.4 Å². The minimum atomic E-state index is -3.92. The Morgan fingerprint density at radius 3 is 2.68 bits per heavy atom. The molecule has 0 amide bonds. The lowest BCUT2D eigenvalue weighted by Crippen LogP contribution is -2.30. The molecule has 0 radical (unpaired) electrons. The maximum absolute atomic E-state index is 13.5. The highest BCUT2D eigenvalue weighted by molar-refractivity contribution is 7.89. The van der Waals surface area contributed by atoms with Gasteiger partial charge in [-0.05, 0) is 43.2 Å². The standard InChI is InChI=1S/C17H14F2N2O2S2/c18-12-8-7-11(10-13(12)19)25(22,23)21-9-3-5-15(21)17-20-14-4-1-2-6-16(14)24-17/h1-2,4,6-8,10,15H,3,5,9H2/t15-/m0/s1. The second-order valence-corrected chi connectivity index (χ2v) is 8.82. The molecule has 1 fully saturated rings. The van der Waals surface area contributed by atoms with E-state index >= 15 is 0 Å². The number of hydrogen-bond acceptors (Lipinski definition) is 4. The van der Waals surface area contributed by atoms with Crippen molar-refractivity contribution in [2.45, 2.75) is 23.8 Å². The normalized spacial score (nSPS) is 18.9. The number of rotatable bonds is 3. The molecule has 8 heteroatoms. The van der Waals surface area contributed by atoms with Gasteiger partial charge in [0.25, 0.3) is 0 Å². The van der Waals surface area contributed by atoms with E-state index < -0.39 is 21.7 Å². The molecule has 0 unspecified atom stereocenters. The second kappa shape index (κ2) is 6.12. The molecule has 3 aromatic rings. The van der Waals surface area contributed by atoms with E-state index in [4.69, 9.17) is 0 Å². The van der Waals surface area contributed by atoms with Gasteiger partial charge in [0.05, 0.1) is 21.2 Å². The van der Waals surface area contributed by atoms with Crippen molar-refractivity contribution >= 4 is 31.6 Å². The molecule has 0 spiro atoms. The molecule has 1 saturated heterocycles. The Morgan fingerprint density at radius 2 is 1.92 bits per heavy atom. The van der Waals surface area contributed by atoms with Gasteiger partial charge in [0.1, 0.15) is 5.01 Å². The van der Waals surface area contributed by atoms with Gasteiger partial charge in [-0.25, -0.2) is 22.2 Å².